The van der Waals surface area contributed by atoms with Crippen LogP contribution in [0.25, 0.3) is 0 Å². The van der Waals surface area contributed by atoms with E-state index < -0.39 is 5.41 Å². The molecule has 0 radical (unpaired) electrons. The van der Waals surface area contributed by atoms with Gasteiger partial charge >= 0.3 is 0 Å². The maximum atomic E-state index is 12.5. The van der Waals surface area contributed by atoms with Crippen LogP contribution in [-0.4, -0.2) is 29.8 Å². The number of nitrogens with two attached hydrogens (primary N) is 1. The fourth-order valence-electron chi connectivity index (χ4n) is 2.38. The normalized spacial score (nSPS) is 23.6. The highest BCUT2D eigenvalue weighted by Gasteiger charge is 2.48. The molecule has 0 spiro atoms. The summed E-state index contributed by atoms with van der Waals surface area (Å²) in [6.07, 6.45) is 3.73. The molecule has 1 aromatic carbocycles. The van der Waals surface area contributed by atoms with Crippen LogP contribution in [0.4, 0.5) is 0 Å². The van der Waals surface area contributed by atoms with E-state index in [1.54, 1.807) is 12.2 Å². The SMILES string of the molecule is CC1(c2ccccc2)CC(=O)N(C/C=C/CN)C1=O. The first kappa shape index (κ1) is 13.5. The Labute approximate surface area is 112 Å². The number of hydrogen-bond donors (Lipinski definition) is 1. The molecular formula is C15H18N2O2. The summed E-state index contributed by atoms with van der Waals surface area (Å²) < 4.78 is 0. The summed E-state index contributed by atoms with van der Waals surface area (Å²) in [5, 5.41) is 0. The molecule has 1 fully saturated rings. The fourth-order valence-corrected chi connectivity index (χ4v) is 2.38. The van der Waals surface area contributed by atoms with Gasteiger partial charge in [0.2, 0.25) is 11.8 Å². The highest BCUT2D eigenvalue weighted by atomic mass is 16.2. The Morgan fingerprint density at radius 2 is 1.95 bits per heavy atom. The molecule has 1 unspecified atom stereocenters. The number of imide groups is 1. The first-order valence-electron chi connectivity index (χ1n) is 6.35. The van der Waals surface area contributed by atoms with Crippen LogP contribution in [0.5, 0.6) is 0 Å². The van der Waals surface area contributed by atoms with E-state index in [-0.39, 0.29) is 18.2 Å². The third kappa shape index (κ3) is 2.44. The molecule has 4 nitrogen and oxygen atoms in total. The Balaban J connectivity index is 2.24. The zero-order chi connectivity index (χ0) is 13.9. The summed E-state index contributed by atoms with van der Waals surface area (Å²) in [4.78, 5) is 25.8. The maximum Gasteiger partial charge on any atom is 0.240 e. The summed E-state index contributed by atoms with van der Waals surface area (Å²) in [5.74, 6) is -0.261. The predicted octanol–water partition coefficient (Wildman–Crippen LogP) is 1.22. The fraction of sp³-hybridized carbons (Fsp3) is 0.333. The Kier molecular flexibility index (Phi) is 3.81. The smallest absolute Gasteiger partial charge is 0.240 e. The average molecular weight is 258 g/mol. The van der Waals surface area contributed by atoms with Crippen LogP contribution in [0.2, 0.25) is 0 Å². The lowest BCUT2D eigenvalue weighted by Crippen LogP contribution is -2.36. The van der Waals surface area contributed by atoms with Crippen molar-refractivity contribution in [3.63, 3.8) is 0 Å². The second kappa shape index (κ2) is 5.36. The van der Waals surface area contributed by atoms with Gasteiger partial charge in [0.05, 0.1) is 5.41 Å². The van der Waals surface area contributed by atoms with Crippen LogP contribution in [0.15, 0.2) is 42.5 Å². The Morgan fingerprint density at radius 3 is 2.58 bits per heavy atom. The Morgan fingerprint density at radius 1 is 1.26 bits per heavy atom. The lowest BCUT2D eigenvalue weighted by Gasteiger charge is -2.22. The molecule has 0 aliphatic carbocycles. The number of nitrogens with zero attached hydrogens (tertiary/aromatic N) is 1. The van der Waals surface area contributed by atoms with E-state index in [2.05, 4.69) is 0 Å². The molecule has 1 saturated heterocycles. The first-order chi connectivity index (χ1) is 9.09. The van der Waals surface area contributed by atoms with Gasteiger partial charge in [-0.05, 0) is 12.5 Å². The van der Waals surface area contributed by atoms with E-state index in [9.17, 15) is 9.59 Å². The molecule has 1 aliphatic heterocycles. The van der Waals surface area contributed by atoms with Gasteiger partial charge in [0, 0.05) is 19.5 Å². The zero-order valence-electron chi connectivity index (χ0n) is 11.0. The monoisotopic (exact) mass is 258 g/mol. The number of rotatable bonds is 4. The first-order valence-corrected chi connectivity index (χ1v) is 6.35. The summed E-state index contributed by atoms with van der Waals surface area (Å²) in [7, 11) is 0. The van der Waals surface area contributed by atoms with Gasteiger partial charge in [-0.25, -0.2) is 0 Å². The van der Waals surface area contributed by atoms with Gasteiger partial charge in [0.25, 0.3) is 0 Å². The van der Waals surface area contributed by atoms with E-state index in [0.717, 1.165) is 5.56 Å². The number of likely N-dealkylation sites (tertiary alicyclic amines) is 1. The van der Waals surface area contributed by atoms with E-state index in [4.69, 9.17) is 5.73 Å². The highest BCUT2D eigenvalue weighted by molar-refractivity contribution is 6.08. The highest BCUT2D eigenvalue weighted by Crippen LogP contribution is 2.35. The molecule has 2 N–H and O–H groups in total. The van der Waals surface area contributed by atoms with Crippen molar-refractivity contribution in [2.75, 3.05) is 13.1 Å². The topological polar surface area (TPSA) is 63.4 Å². The van der Waals surface area contributed by atoms with Gasteiger partial charge in [-0.1, -0.05) is 42.5 Å². The van der Waals surface area contributed by atoms with Gasteiger partial charge in [0.15, 0.2) is 0 Å². The molecule has 1 atom stereocenters. The van der Waals surface area contributed by atoms with Crippen LogP contribution in [0, 0.1) is 0 Å². The molecule has 1 aliphatic rings. The standard InChI is InChI=1S/C15H18N2O2/c1-15(12-7-3-2-4-8-12)11-13(18)17(14(15)19)10-6-5-9-16/h2-8H,9-11,16H2,1H3/b6-5+. The molecule has 0 bridgehead atoms. The third-order valence-electron chi connectivity index (χ3n) is 3.52. The number of amides is 2. The van der Waals surface area contributed by atoms with Crippen molar-refractivity contribution >= 4 is 11.8 Å². The lowest BCUT2D eigenvalue weighted by molar-refractivity contribution is -0.139. The summed E-state index contributed by atoms with van der Waals surface area (Å²) in [5.41, 5.74) is 5.50. The van der Waals surface area contributed by atoms with Crippen LogP contribution in [0.1, 0.15) is 18.9 Å². The summed E-state index contributed by atoms with van der Waals surface area (Å²) in [6, 6.07) is 9.45. The number of hydrogen-bond acceptors (Lipinski definition) is 3. The van der Waals surface area contributed by atoms with Crippen molar-refractivity contribution in [1.29, 1.82) is 0 Å². The van der Waals surface area contributed by atoms with E-state index in [0.29, 0.717) is 13.1 Å². The zero-order valence-corrected chi connectivity index (χ0v) is 11.0. The third-order valence-corrected chi connectivity index (χ3v) is 3.52. The maximum absolute atomic E-state index is 12.5. The van der Waals surface area contributed by atoms with Gasteiger partial charge < -0.3 is 5.73 Å². The lowest BCUT2D eigenvalue weighted by atomic mass is 9.81. The second-order valence-electron chi connectivity index (χ2n) is 4.89. The second-order valence-corrected chi connectivity index (χ2v) is 4.89. The Bertz CT molecular complexity index is 510. The van der Waals surface area contributed by atoms with Crippen molar-refractivity contribution in [3.8, 4) is 0 Å². The van der Waals surface area contributed by atoms with Gasteiger partial charge in [-0.15, -0.1) is 0 Å². The molecular weight excluding hydrogens is 240 g/mol. The molecule has 19 heavy (non-hydrogen) atoms. The minimum atomic E-state index is -0.741. The van der Waals surface area contributed by atoms with Crippen LogP contribution >= 0.6 is 0 Å². The predicted molar refractivity (Wildman–Crippen MR) is 73.3 cm³/mol. The molecule has 1 aromatic rings. The van der Waals surface area contributed by atoms with Crippen molar-refractivity contribution in [2.24, 2.45) is 5.73 Å². The van der Waals surface area contributed by atoms with Crippen LogP contribution in [-0.2, 0) is 15.0 Å². The largest absolute Gasteiger partial charge is 0.327 e. The van der Waals surface area contributed by atoms with Crippen LogP contribution < -0.4 is 5.73 Å². The van der Waals surface area contributed by atoms with E-state index in [1.165, 1.54) is 4.90 Å². The Hall–Kier alpha value is -1.94. The number of carbonyl (C=O) groups excluding carboxylic acids is 2. The molecule has 2 rings (SSSR count). The summed E-state index contributed by atoms with van der Waals surface area (Å²) in [6.45, 7) is 2.54. The average Bonchev–Trinajstić information content (AvgIpc) is 2.64. The van der Waals surface area contributed by atoms with Gasteiger partial charge in [0.1, 0.15) is 0 Å². The minimum Gasteiger partial charge on any atom is -0.327 e. The molecule has 0 aromatic heterocycles. The number of carbonyl (C=O) groups is 2. The van der Waals surface area contributed by atoms with E-state index in [1.807, 2.05) is 37.3 Å². The summed E-state index contributed by atoms with van der Waals surface area (Å²) >= 11 is 0. The van der Waals surface area contributed by atoms with Gasteiger partial charge in [-0.2, -0.15) is 0 Å². The van der Waals surface area contributed by atoms with Crippen molar-refractivity contribution in [1.82, 2.24) is 4.90 Å². The quantitative estimate of drug-likeness (QED) is 0.652. The molecule has 0 saturated carbocycles. The van der Waals surface area contributed by atoms with E-state index >= 15 is 0 Å². The number of benzene rings is 1. The van der Waals surface area contributed by atoms with Crippen molar-refractivity contribution in [3.05, 3.63) is 48.0 Å². The molecule has 1 heterocycles. The molecule has 2 amide bonds. The minimum absolute atomic E-state index is 0.127. The molecule has 100 valence electrons. The van der Waals surface area contributed by atoms with Crippen LogP contribution in [0.3, 0.4) is 0 Å². The van der Waals surface area contributed by atoms with Gasteiger partial charge in [-0.3, -0.25) is 14.5 Å². The van der Waals surface area contributed by atoms with Crippen molar-refractivity contribution in [2.45, 2.75) is 18.8 Å². The van der Waals surface area contributed by atoms with Crippen molar-refractivity contribution < 1.29 is 9.59 Å². The molecule has 4 heteroatoms.